The largest absolute Gasteiger partial charge is 0.354 e. The molecular weight excluding hydrogens is 340 g/mol. The third kappa shape index (κ3) is 2.90. The molecular formula is C23H23ClN2. The fourth-order valence-corrected chi connectivity index (χ4v) is 4.10. The Hall–Kier alpha value is -2.29. The van der Waals surface area contributed by atoms with E-state index in [2.05, 4.69) is 60.4 Å². The van der Waals surface area contributed by atoms with Crippen LogP contribution in [0.3, 0.4) is 0 Å². The van der Waals surface area contributed by atoms with Crippen molar-refractivity contribution in [3.63, 3.8) is 0 Å². The van der Waals surface area contributed by atoms with Crippen molar-refractivity contribution in [2.24, 2.45) is 5.73 Å². The van der Waals surface area contributed by atoms with E-state index in [1.807, 2.05) is 6.07 Å². The molecule has 4 rings (SSSR count). The summed E-state index contributed by atoms with van der Waals surface area (Å²) in [6.45, 7) is 2.85. The Kier molecular flexibility index (Phi) is 4.71. The molecule has 0 radical (unpaired) electrons. The van der Waals surface area contributed by atoms with Crippen molar-refractivity contribution < 1.29 is 0 Å². The number of aromatic amines is 1. The van der Waals surface area contributed by atoms with E-state index >= 15 is 0 Å². The Morgan fingerprint density at radius 2 is 1.77 bits per heavy atom. The molecule has 0 saturated heterocycles. The maximum Gasteiger partial charge on any atom is 0.0506 e. The summed E-state index contributed by atoms with van der Waals surface area (Å²) in [5.74, 6) is 0. The lowest BCUT2D eigenvalue weighted by molar-refractivity contribution is 0.748. The van der Waals surface area contributed by atoms with Crippen molar-refractivity contribution in [3.05, 3.63) is 70.7 Å². The van der Waals surface area contributed by atoms with Crippen LogP contribution >= 0.6 is 11.6 Å². The first-order valence-corrected chi connectivity index (χ1v) is 9.56. The maximum absolute atomic E-state index is 6.62. The Labute approximate surface area is 159 Å². The molecule has 1 heterocycles. The number of fused-ring (bicyclic) bond motifs is 2. The van der Waals surface area contributed by atoms with Gasteiger partial charge in [-0.2, -0.15) is 0 Å². The van der Waals surface area contributed by atoms with Gasteiger partial charge < -0.3 is 10.7 Å². The van der Waals surface area contributed by atoms with Crippen molar-refractivity contribution in [1.29, 1.82) is 0 Å². The zero-order valence-electron chi connectivity index (χ0n) is 15.0. The lowest BCUT2D eigenvalue weighted by atomic mass is 9.96. The molecule has 3 aromatic carbocycles. The van der Waals surface area contributed by atoms with Crippen LogP contribution in [-0.4, -0.2) is 11.5 Å². The molecule has 0 saturated carbocycles. The van der Waals surface area contributed by atoms with E-state index in [9.17, 15) is 0 Å². The minimum absolute atomic E-state index is 0.721. The van der Waals surface area contributed by atoms with Gasteiger partial charge in [-0.3, -0.25) is 0 Å². The molecule has 132 valence electrons. The predicted octanol–water partition coefficient (Wildman–Crippen LogP) is 6.23. The second-order valence-electron chi connectivity index (χ2n) is 6.87. The standard InChI is InChI=1S/C23H23ClN2/c1-15-12-13-20(24)21-19(10-4-5-14-25)23(26-22(15)21)18-11-6-8-16-7-2-3-9-17(16)18/h2-3,6-9,11-13,26H,4-5,10,14,25H2,1H3. The van der Waals surface area contributed by atoms with E-state index in [4.69, 9.17) is 17.3 Å². The Morgan fingerprint density at radius 1 is 0.962 bits per heavy atom. The average molecular weight is 363 g/mol. The number of benzene rings is 3. The van der Waals surface area contributed by atoms with Crippen molar-refractivity contribution in [2.45, 2.75) is 26.2 Å². The molecule has 4 aromatic rings. The SMILES string of the molecule is Cc1ccc(Cl)c2c(CCCCN)c(-c3cccc4ccccc34)[nH]c12. The minimum Gasteiger partial charge on any atom is -0.354 e. The number of nitrogens with two attached hydrogens (primary N) is 1. The van der Waals surface area contributed by atoms with Crippen LogP contribution in [0.25, 0.3) is 32.9 Å². The van der Waals surface area contributed by atoms with Crippen molar-refractivity contribution in [2.75, 3.05) is 6.54 Å². The van der Waals surface area contributed by atoms with Gasteiger partial charge in [0, 0.05) is 10.9 Å². The Bertz CT molecular complexity index is 1070. The van der Waals surface area contributed by atoms with Crippen molar-refractivity contribution >= 4 is 33.3 Å². The summed E-state index contributed by atoms with van der Waals surface area (Å²) < 4.78 is 0. The van der Waals surface area contributed by atoms with Gasteiger partial charge in [0.2, 0.25) is 0 Å². The molecule has 1 aromatic heterocycles. The zero-order chi connectivity index (χ0) is 18.1. The molecule has 0 aliphatic carbocycles. The normalized spacial score (nSPS) is 11.5. The summed E-state index contributed by atoms with van der Waals surface area (Å²) >= 11 is 6.62. The van der Waals surface area contributed by atoms with E-state index in [-0.39, 0.29) is 0 Å². The monoisotopic (exact) mass is 362 g/mol. The first kappa shape index (κ1) is 17.1. The third-order valence-electron chi connectivity index (χ3n) is 5.16. The van der Waals surface area contributed by atoms with Gasteiger partial charge in [-0.05, 0) is 60.7 Å². The molecule has 0 bridgehead atoms. The zero-order valence-corrected chi connectivity index (χ0v) is 15.7. The molecule has 0 fully saturated rings. The average Bonchev–Trinajstić information content (AvgIpc) is 3.05. The van der Waals surface area contributed by atoms with Crippen LogP contribution in [0.15, 0.2) is 54.6 Å². The van der Waals surface area contributed by atoms with Gasteiger partial charge in [0.25, 0.3) is 0 Å². The fraction of sp³-hybridized carbons (Fsp3) is 0.217. The number of halogens is 1. The van der Waals surface area contributed by atoms with Crippen LogP contribution in [0.1, 0.15) is 24.0 Å². The number of aryl methyl sites for hydroxylation is 2. The molecule has 0 aliphatic heterocycles. The summed E-state index contributed by atoms with van der Waals surface area (Å²) in [5, 5.41) is 4.48. The first-order chi connectivity index (χ1) is 12.7. The van der Waals surface area contributed by atoms with Crippen molar-refractivity contribution in [3.8, 4) is 11.3 Å². The predicted molar refractivity (Wildman–Crippen MR) is 113 cm³/mol. The highest BCUT2D eigenvalue weighted by Crippen LogP contribution is 2.39. The molecule has 3 heteroatoms. The molecule has 0 unspecified atom stereocenters. The highest BCUT2D eigenvalue weighted by molar-refractivity contribution is 6.36. The smallest absolute Gasteiger partial charge is 0.0506 e. The van der Waals surface area contributed by atoms with E-state index < -0.39 is 0 Å². The van der Waals surface area contributed by atoms with Crippen LogP contribution in [0.5, 0.6) is 0 Å². The summed E-state index contributed by atoms with van der Waals surface area (Å²) in [5.41, 5.74) is 11.8. The number of H-pyrrole nitrogens is 1. The summed E-state index contributed by atoms with van der Waals surface area (Å²) in [6, 6.07) is 19.1. The number of aromatic nitrogens is 1. The van der Waals surface area contributed by atoms with Crippen LogP contribution < -0.4 is 5.73 Å². The Balaban J connectivity index is 2.00. The van der Waals surface area contributed by atoms with E-state index in [0.717, 1.165) is 41.7 Å². The minimum atomic E-state index is 0.721. The van der Waals surface area contributed by atoms with Crippen LogP contribution in [0.4, 0.5) is 0 Å². The summed E-state index contributed by atoms with van der Waals surface area (Å²) in [4.78, 5) is 3.69. The Morgan fingerprint density at radius 3 is 2.62 bits per heavy atom. The highest BCUT2D eigenvalue weighted by atomic mass is 35.5. The van der Waals surface area contributed by atoms with E-state index in [0.29, 0.717) is 0 Å². The quantitative estimate of drug-likeness (QED) is 0.406. The van der Waals surface area contributed by atoms with Crippen molar-refractivity contribution in [1.82, 2.24) is 4.98 Å². The number of hydrogen-bond donors (Lipinski definition) is 2. The molecule has 3 N–H and O–H groups in total. The lowest BCUT2D eigenvalue weighted by Gasteiger charge is -2.09. The van der Waals surface area contributed by atoms with Crippen LogP contribution in [-0.2, 0) is 6.42 Å². The second kappa shape index (κ2) is 7.14. The molecule has 0 amide bonds. The topological polar surface area (TPSA) is 41.8 Å². The van der Waals surface area contributed by atoms with Gasteiger partial charge >= 0.3 is 0 Å². The van der Waals surface area contributed by atoms with Gasteiger partial charge in [-0.1, -0.05) is 60.1 Å². The molecule has 0 spiro atoms. The first-order valence-electron chi connectivity index (χ1n) is 9.18. The molecule has 0 aliphatic rings. The summed E-state index contributed by atoms with van der Waals surface area (Å²) in [7, 11) is 0. The maximum atomic E-state index is 6.62. The third-order valence-corrected chi connectivity index (χ3v) is 5.47. The molecule has 0 atom stereocenters. The van der Waals surface area contributed by atoms with E-state index in [1.54, 1.807) is 0 Å². The summed E-state index contributed by atoms with van der Waals surface area (Å²) in [6.07, 6.45) is 3.05. The van der Waals surface area contributed by atoms with Gasteiger partial charge in [-0.15, -0.1) is 0 Å². The van der Waals surface area contributed by atoms with Gasteiger partial charge in [0.05, 0.1) is 16.2 Å². The molecule has 2 nitrogen and oxygen atoms in total. The van der Waals surface area contributed by atoms with Crippen LogP contribution in [0.2, 0.25) is 5.02 Å². The number of nitrogens with one attached hydrogen (secondary N) is 1. The van der Waals surface area contributed by atoms with E-state index in [1.165, 1.54) is 33.2 Å². The number of rotatable bonds is 5. The fourth-order valence-electron chi connectivity index (χ4n) is 3.83. The lowest BCUT2D eigenvalue weighted by Crippen LogP contribution is -1.99. The number of hydrogen-bond acceptors (Lipinski definition) is 1. The van der Waals surface area contributed by atoms with Gasteiger partial charge in [-0.25, -0.2) is 0 Å². The second-order valence-corrected chi connectivity index (χ2v) is 7.27. The highest BCUT2D eigenvalue weighted by Gasteiger charge is 2.18. The van der Waals surface area contributed by atoms with Gasteiger partial charge in [0.1, 0.15) is 0 Å². The number of unbranched alkanes of at least 4 members (excludes halogenated alkanes) is 1. The van der Waals surface area contributed by atoms with Crippen LogP contribution in [0, 0.1) is 6.92 Å². The van der Waals surface area contributed by atoms with Gasteiger partial charge in [0.15, 0.2) is 0 Å². The molecule has 26 heavy (non-hydrogen) atoms.